The first-order valence-electron chi connectivity index (χ1n) is 5.69. The van der Waals surface area contributed by atoms with Gasteiger partial charge in [0.15, 0.2) is 0 Å². The van der Waals surface area contributed by atoms with E-state index in [4.69, 9.17) is 9.68 Å². The molecule has 0 aliphatic carbocycles. The predicted octanol–water partition coefficient (Wildman–Crippen LogP) is 1.38. The van der Waals surface area contributed by atoms with Gasteiger partial charge in [-0.15, -0.1) is 0 Å². The molecule has 2 fully saturated rings. The van der Waals surface area contributed by atoms with Gasteiger partial charge in [0, 0.05) is 13.1 Å². The minimum Gasteiger partial charge on any atom is -0.302 e. The topological polar surface area (TPSA) is 42.5 Å². The Bertz CT molecular complexity index is 69.4. The molecule has 2 aliphatic heterocycles. The summed E-state index contributed by atoms with van der Waals surface area (Å²) in [6, 6.07) is 0. The normalized spacial score (nSPS) is 24.0. The molecule has 0 aromatic heterocycles. The summed E-state index contributed by atoms with van der Waals surface area (Å²) in [6.45, 7) is 3.83. The van der Waals surface area contributed by atoms with Crippen LogP contribution in [0.5, 0.6) is 0 Å². The molecule has 0 aromatic rings. The molecule has 2 rings (SSSR count). The third kappa shape index (κ3) is 7.26. The van der Waals surface area contributed by atoms with Crippen LogP contribution in [-0.2, 0) is 9.68 Å². The smallest absolute Gasteiger partial charge is 0.0682 e. The Morgan fingerprint density at radius 3 is 1.57 bits per heavy atom. The molecule has 0 bridgehead atoms. The van der Waals surface area contributed by atoms with Crippen molar-refractivity contribution in [3.05, 3.63) is 0 Å². The Morgan fingerprint density at radius 2 is 1.07 bits per heavy atom. The van der Waals surface area contributed by atoms with Gasteiger partial charge in [0.2, 0.25) is 0 Å². The summed E-state index contributed by atoms with van der Waals surface area (Å²) in [7, 11) is 0. The minimum absolute atomic E-state index is 0.889. The monoisotopic (exact) mass is 202 g/mol. The second-order valence-electron chi connectivity index (χ2n) is 3.61. The zero-order valence-electron chi connectivity index (χ0n) is 8.89. The molecule has 2 N–H and O–H groups in total. The van der Waals surface area contributed by atoms with Gasteiger partial charge in [-0.25, -0.2) is 11.0 Å². The summed E-state index contributed by atoms with van der Waals surface area (Å²) < 4.78 is 0. The molecular weight excluding hydrogens is 180 g/mol. The maximum atomic E-state index is 4.94. The molecule has 0 unspecified atom stereocenters. The van der Waals surface area contributed by atoms with Crippen LogP contribution in [-0.4, -0.2) is 26.3 Å². The summed E-state index contributed by atoms with van der Waals surface area (Å²) >= 11 is 0. The van der Waals surface area contributed by atoms with E-state index in [1.54, 1.807) is 0 Å². The molecule has 4 heteroatoms. The molecule has 0 aromatic carbocycles. The Hall–Kier alpha value is -0.160. The quantitative estimate of drug-likeness (QED) is 0.623. The van der Waals surface area contributed by atoms with E-state index in [9.17, 15) is 0 Å². The molecule has 4 nitrogen and oxygen atoms in total. The van der Waals surface area contributed by atoms with Gasteiger partial charge in [-0.05, 0) is 38.5 Å². The number of rotatable bonds is 0. The Kier molecular flexibility index (Phi) is 8.00. The van der Waals surface area contributed by atoms with E-state index in [0.29, 0.717) is 0 Å². The second-order valence-corrected chi connectivity index (χ2v) is 3.61. The summed E-state index contributed by atoms with van der Waals surface area (Å²) in [5.41, 5.74) is 5.69. The molecule has 2 saturated heterocycles. The summed E-state index contributed by atoms with van der Waals surface area (Å²) in [5, 5.41) is 0. The second kappa shape index (κ2) is 9.40. The fraction of sp³-hybridized carbons (Fsp3) is 1.00. The van der Waals surface area contributed by atoms with Crippen LogP contribution in [0.25, 0.3) is 0 Å². The summed E-state index contributed by atoms with van der Waals surface area (Å²) in [6.07, 6.45) is 7.58. The maximum Gasteiger partial charge on any atom is 0.0682 e. The first-order valence-corrected chi connectivity index (χ1v) is 5.69. The van der Waals surface area contributed by atoms with Crippen LogP contribution in [0.15, 0.2) is 0 Å². The van der Waals surface area contributed by atoms with Crippen LogP contribution in [0.2, 0.25) is 0 Å². The van der Waals surface area contributed by atoms with Crippen molar-refractivity contribution in [1.29, 1.82) is 0 Å². The van der Waals surface area contributed by atoms with E-state index in [1.807, 2.05) is 0 Å². The first-order chi connectivity index (χ1) is 7.00. The molecule has 84 valence electrons. The molecule has 0 spiro atoms. The van der Waals surface area contributed by atoms with Crippen LogP contribution >= 0.6 is 0 Å². The molecule has 2 aliphatic rings. The van der Waals surface area contributed by atoms with Gasteiger partial charge in [0.1, 0.15) is 0 Å². The lowest BCUT2D eigenvalue weighted by atomic mass is 10.2. The van der Waals surface area contributed by atoms with Crippen molar-refractivity contribution >= 4 is 0 Å². The SMILES string of the molecule is C1CCNOCC1.C1CCNOCC1. The molecule has 14 heavy (non-hydrogen) atoms. The molecule has 0 amide bonds. The van der Waals surface area contributed by atoms with Crippen molar-refractivity contribution in [2.24, 2.45) is 0 Å². The fourth-order valence-corrected chi connectivity index (χ4v) is 1.39. The van der Waals surface area contributed by atoms with Crippen LogP contribution < -0.4 is 11.0 Å². The van der Waals surface area contributed by atoms with Crippen molar-refractivity contribution < 1.29 is 9.68 Å². The third-order valence-electron chi connectivity index (χ3n) is 2.25. The average molecular weight is 202 g/mol. The minimum atomic E-state index is 0.889. The number of hydrogen-bond acceptors (Lipinski definition) is 4. The first kappa shape index (κ1) is 11.9. The van der Waals surface area contributed by atoms with E-state index < -0.39 is 0 Å². The van der Waals surface area contributed by atoms with Gasteiger partial charge in [-0.3, -0.25) is 0 Å². The number of hydroxylamine groups is 2. The molecule has 0 radical (unpaired) electrons. The average Bonchev–Trinajstić information content (AvgIpc) is 2.68. The maximum absolute atomic E-state index is 4.94. The lowest BCUT2D eigenvalue weighted by Gasteiger charge is -1.94. The van der Waals surface area contributed by atoms with E-state index in [0.717, 1.165) is 26.3 Å². The van der Waals surface area contributed by atoms with E-state index >= 15 is 0 Å². The van der Waals surface area contributed by atoms with Crippen LogP contribution in [0, 0.1) is 0 Å². The van der Waals surface area contributed by atoms with Crippen LogP contribution in [0.4, 0.5) is 0 Å². The largest absolute Gasteiger partial charge is 0.302 e. The van der Waals surface area contributed by atoms with E-state index in [1.165, 1.54) is 38.5 Å². The number of hydrogen-bond donors (Lipinski definition) is 2. The number of nitrogens with one attached hydrogen (secondary N) is 2. The highest BCUT2D eigenvalue weighted by molar-refractivity contribution is 4.45. The Labute approximate surface area is 86.3 Å². The van der Waals surface area contributed by atoms with Gasteiger partial charge >= 0.3 is 0 Å². The van der Waals surface area contributed by atoms with Crippen molar-refractivity contribution in [2.75, 3.05) is 26.3 Å². The zero-order chi connectivity index (χ0) is 9.90. The van der Waals surface area contributed by atoms with E-state index in [2.05, 4.69) is 11.0 Å². The van der Waals surface area contributed by atoms with Crippen LogP contribution in [0.3, 0.4) is 0 Å². The lowest BCUT2D eigenvalue weighted by molar-refractivity contribution is 0.0525. The van der Waals surface area contributed by atoms with Crippen molar-refractivity contribution in [3.8, 4) is 0 Å². The van der Waals surface area contributed by atoms with Gasteiger partial charge in [0.05, 0.1) is 13.2 Å². The summed E-state index contributed by atoms with van der Waals surface area (Å²) in [5.74, 6) is 0. The van der Waals surface area contributed by atoms with Gasteiger partial charge in [0.25, 0.3) is 0 Å². The van der Waals surface area contributed by atoms with Gasteiger partial charge < -0.3 is 9.68 Å². The van der Waals surface area contributed by atoms with Crippen molar-refractivity contribution in [2.45, 2.75) is 38.5 Å². The van der Waals surface area contributed by atoms with Crippen molar-refractivity contribution in [1.82, 2.24) is 11.0 Å². The van der Waals surface area contributed by atoms with E-state index in [-0.39, 0.29) is 0 Å². The highest BCUT2D eigenvalue weighted by atomic mass is 16.6. The lowest BCUT2D eigenvalue weighted by Crippen LogP contribution is -2.12. The van der Waals surface area contributed by atoms with Gasteiger partial charge in [-0.2, -0.15) is 0 Å². The summed E-state index contributed by atoms with van der Waals surface area (Å²) in [4.78, 5) is 9.89. The highest BCUT2D eigenvalue weighted by Gasteiger charge is 1.94. The predicted molar refractivity (Wildman–Crippen MR) is 55.6 cm³/mol. The molecule has 2 heterocycles. The highest BCUT2D eigenvalue weighted by Crippen LogP contribution is 1.97. The third-order valence-corrected chi connectivity index (χ3v) is 2.25. The molecule has 0 atom stereocenters. The molecular formula is C10H22N2O2. The Morgan fingerprint density at radius 1 is 0.571 bits per heavy atom. The standard InChI is InChI=1S/2C5H11NO/c2*1-2-4-6-7-5-3-1/h2*6H,1-5H2. The fourth-order valence-electron chi connectivity index (χ4n) is 1.39. The Balaban J connectivity index is 0.000000140. The van der Waals surface area contributed by atoms with Gasteiger partial charge in [-0.1, -0.05) is 0 Å². The zero-order valence-corrected chi connectivity index (χ0v) is 8.89. The molecule has 0 saturated carbocycles. The van der Waals surface area contributed by atoms with Crippen LogP contribution in [0.1, 0.15) is 38.5 Å². The van der Waals surface area contributed by atoms with Crippen molar-refractivity contribution in [3.63, 3.8) is 0 Å².